The van der Waals surface area contributed by atoms with E-state index in [1.807, 2.05) is 44.2 Å². The summed E-state index contributed by atoms with van der Waals surface area (Å²) in [5.41, 5.74) is 0.430. The van der Waals surface area contributed by atoms with Crippen LogP contribution in [0.4, 0.5) is 0 Å². The molecule has 4 nitrogen and oxygen atoms in total. The van der Waals surface area contributed by atoms with E-state index in [4.69, 9.17) is 4.74 Å². The molecule has 1 N–H and O–H groups in total. The van der Waals surface area contributed by atoms with Crippen molar-refractivity contribution in [3.63, 3.8) is 0 Å². The maximum Gasteiger partial charge on any atom is 0.317 e. The van der Waals surface area contributed by atoms with Crippen molar-refractivity contribution in [1.29, 1.82) is 0 Å². The van der Waals surface area contributed by atoms with Gasteiger partial charge in [-0.25, -0.2) is 0 Å². The minimum absolute atomic E-state index is 0.194. The van der Waals surface area contributed by atoms with Crippen LogP contribution in [0.1, 0.15) is 45.1 Å². The fourth-order valence-electron chi connectivity index (χ4n) is 2.98. The Morgan fingerprint density at radius 2 is 1.82 bits per heavy atom. The number of nitrogens with one attached hydrogen (secondary N) is 1. The third-order valence-electron chi connectivity index (χ3n) is 4.22. The second kappa shape index (κ2) is 7.43. The molecule has 0 saturated heterocycles. The summed E-state index contributed by atoms with van der Waals surface area (Å²) in [7, 11) is 0. The third-order valence-corrected chi connectivity index (χ3v) is 4.22. The first-order valence-corrected chi connectivity index (χ1v) is 8.04. The van der Waals surface area contributed by atoms with Crippen molar-refractivity contribution in [3.8, 4) is 0 Å². The molecule has 0 unspecified atom stereocenters. The zero-order valence-electron chi connectivity index (χ0n) is 13.4. The highest BCUT2D eigenvalue weighted by molar-refractivity contribution is 5.86. The van der Waals surface area contributed by atoms with E-state index in [0.717, 1.165) is 31.2 Å². The van der Waals surface area contributed by atoms with Gasteiger partial charge in [0.25, 0.3) is 5.91 Å². The minimum atomic E-state index is -0.570. The molecule has 0 aromatic heterocycles. The number of esters is 1. The van der Waals surface area contributed by atoms with Gasteiger partial charge in [0.05, 0.1) is 5.41 Å². The molecule has 1 aliphatic carbocycles. The molecule has 0 bridgehead atoms. The monoisotopic (exact) mass is 303 g/mol. The van der Waals surface area contributed by atoms with Gasteiger partial charge in [-0.2, -0.15) is 0 Å². The fraction of sp³-hybridized carbons (Fsp3) is 0.556. The summed E-state index contributed by atoms with van der Waals surface area (Å²) < 4.78 is 5.33. The number of carbonyl (C=O) groups is 2. The molecule has 1 aromatic rings. The zero-order valence-corrected chi connectivity index (χ0v) is 13.4. The van der Waals surface area contributed by atoms with Gasteiger partial charge < -0.3 is 10.1 Å². The normalized spacial score (nSPS) is 16.5. The quantitative estimate of drug-likeness (QED) is 0.822. The second-order valence-corrected chi connectivity index (χ2v) is 6.43. The van der Waals surface area contributed by atoms with Crippen molar-refractivity contribution in [3.05, 3.63) is 35.9 Å². The van der Waals surface area contributed by atoms with Gasteiger partial charge in [0.1, 0.15) is 0 Å². The van der Waals surface area contributed by atoms with Crippen molar-refractivity contribution >= 4 is 11.9 Å². The van der Waals surface area contributed by atoms with Crippen molar-refractivity contribution in [2.24, 2.45) is 5.92 Å². The molecule has 0 atom stereocenters. The van der Waals surface area contributed by atoms with Crippen LogP contribution in [-0.2, 0) is 19.7 Å². The Labute approximate surface area is 132 Å². The Morgan fingerprint density at radius 3 is 2.41 bits per heavy atom. The molecule has 2 rings (SSSR count). The molecule has 0 heterocycles. The van der Waals surface area contributed by atoms with Crippen LogP contribution in [0, 0.1) is 5.92 Å². The van der Waals surface area contributed by atoms with Crippen LogP contribution in [0.2, 0.25) is 0 Å². The number of amides is 1. The molecule has 1 saturated carbocycles. The summed E-state index contributed by atoms with van der Waals surface area (Å²) >= 11 is 0. The van der Waals surface area contributed by atoms with E-state index in [0.29, 0.717) is 12.5 Å². The smallest absolute Gasteiger partial charge is 0.317 e. The first-order chi connectivity index (χ1) is 10.5. The summed E-state index contributed by atoms with van der Waals surface area (Å²) in [6.45, 7) is 4.45. The number of ether oxygens (including phenoxy) is 1. The lowest BCUT2D eigenvalue weighted by Crippen LogP contribution is -2.38. The van der Waals surface area contributed by atoms with Crippen LogP contribution in [0.3, 0.4) is 0 Å². The lowest BCUT2D eigenvalue weighted by atomic mass is 9.79. The largest absolute Gasteiger partial charge is 0.455 e. The maximum atomic E-state index is 12.6. The van der Waals surface area contributed by atoms with Crippen molar-refractivity contribution in [2.45, 2.75) is 44.9 Å². The summed E-state index contributed by atoms with van der Waals surface area (Å²) in [5, 5.41) is 2.76. The standard InChI is InChI=1S/C18H25NO3/c1-14(2)12-19-16(20)13-22-17(21)18(10-6-7-11-18)15-8-4-3-5-9-15/h3-5,8-9,14H,6-7,10-13H2,1-2H3,(H,19,20). The molecule has 0 spiro atoms. The fourth-order valence-corrected chi connectivity index (χ4v) is 2.98. The number of carbonyl (C=O) groups excluding carboxylic acids is 2. The predicted octanol–water partition coefficient (Wildman–Crippen LogP) is 2.81. The van der Waals surface area contributed by atoms with Gasteiger partial charge in [-0.05, 0) is 24.3 Å². The summed E-state index contributed by atoms with van der Waals surface area (Å²) in [5.74, 6) is -0.121. The average Bonchev–Trinajstić information content (AvgIpc) is 3.02. The number of hydrogen-bond donors (Lipinski definition) is 1. The highest BCUT2D eigenvalue weighted by atomic mass is 16.5. The molecule has 1 amide bonds. The minimum Gasteiger partial charge on any atom is -0.455 e. The van der Waals surface area contributed by atoms with Crippen molar-refractivity contribution in [1.82, 2.24) is 5.32 Å². The van der Waals surface area contributed by atoms with Crippen molar-refractivity contribution in [2.75, 3.05) is 13.2 Å². The number of benzene rings is 1. The number of rotatable bonds is 6. The first-order valence-electron chi connectivity index (χ1n) is 8.04. The highest BCUT2D eigenvalue weighted by Crippen LogP contribution is 2.42. The molecule has 0 radical (unpaired) electrons. The van der Waals surface area contributed by atoms with Crippen LogP contribution in [0.5, 0.6) is 0 Å². The molecule has 120 valence electrons. The van der Waals surface area contributed by atoms with E-state index in [9.17, 15) is 9.59 Å². The Hall–Kier alpha value is -1.84. The van der Waals surface area contributed by atoms with Gasteiger partial charge in [-0.3, -0.25) is 9.59 Å². The molecule has 1 fully saturated rings. The van der Waals surface area contributed by atoms with E-state index in [2.05, 4.69) is 5.32 Å². The molecule has 22 heavy (non-hydrogen) atoms. The van der Waals surface area contributed by atoms with E-state index in [-0.39, 0.29) is 18.5 Å². The Morgan fingerprint density at radius 1 is 1.18 bits per heavy atom. The lowest BCUT2D eigenvalue weighted by molar-refractivity contribution is -0.154. The SMILES string of the molecule is CC(C)CNC(=O)COC(=O)C1(c2ccccc2)CCCC1. The molecule has 0 aliphatic heterocycles. The molecule has 4 heteroatoms. The van der Waals surface area contributed by atoms with Gasteiger partial charge in [-0.15, -0.1) is 0 Å². The van der Waals surface area contributed by atoms with Crippen LogP contribution in [0.15, 0.2) is 30.3 Å². The van der Waals surface area contributed by atoms with Crippen LogP contribution in [0.25, 0.3) is 0 Å². The summed E-state index contributed by atoms with van der Waals surface area (Å²) in [6.07, 6.45) is 3.62. The first kappa shape index (κ1) is 16.5. The average molecular weight is 303 g/mol. The van der Waals surface area contributed by atoms with Gasteiger partial charge >= 0.3 is 5.97 Å². The Bertz CT molecular complexity index is 504. The van der Waals surface area contributed by atoms with Gasteiger partial charge in [-0.1, -0.05) is 57.0 Å². The third kappa shape index (κ3) is 3.87. The maximum absolute atomic E-state index is 12.6. The van der Waals surface area contributed by atoms with Gasteiger partial charge in [0.2, 0.25) is 0 Å². The highest BCUT2D eigenvalue weighted by Gasteiger charge is 2.44. The topological polar surface area (TPSA) is 55.4 Å². The van der Waals surface area contributed by atoms with E-state index < -0.39 is 5.41 Å². The van der Waals surface area contributed by atoms with Gasteiger partial charge in [0.15, 0.2) is 6.61 Å². The van der Waals surface area contributed by atoms with Crippen LogP contribution in [-0.4, -0.2) is 25.0 Å². The van der Waals surface area contributed by atoms with E-state index in [1.165, 1.54) is 0 Å². The number of hydrogen-bond acceptors (Lipinski definition) is 3. The van der Waals surface area contributed by atoms with Crippen LogP contribution < -0.4 is 5.32 Å². The second-order valence-electron chi connectivity index (χ2n) is 6.43. The molecular formula is C18H25NO3. The van der Waals surface area contributed by atoms with Gasteiger partial charge in [0, 0.05) is 6.54 Å². The van der Waals surface area contributed by atoms with E-state index in [1.54, 1.807) is 0 Å². The predicted molar refractivity (Wildman–Crippen MR) is 85.4 cm³/mol. The Balaban J connectivity index is 1.98. The molecule has 1 aliphatic rings. The van der Waals surface area contributed by atoms with Crippen LogP contribution >= 0.6 is 0 Å². The summed E-state index contributed by atoms with van der Waals surface area (Å²) in [6, 6.07) is 9.78. The van der Waals surface area contributed by atoms with E-state index >= 15 is 0 Å². The summed E-state index contributed by atoms with van der Waals surface area (Å²) in [4.78, 5) is 24.3. The molecular weight excluding hydrogens is 278 g/mol. The molecule has 1 aromatic carbocycles. The lowest BCUT2D eigenvalue weighted by Gasteiger charge is -2.27. The van der Waals surface area contributed by atoms with Crippen molar-refractivity contribution < 1.29 is 14.3 Å². The zero-order chi connectivity index (χ0) is 16.0. The Kier molecular flexibility index (Phi) is 5.58.